The molecule has 8 nitrogen and oxygen atoms in total. The number of aldehydes is 1. The Morgan fingerprint density at radius 2 is 1.88 bits per heavy atom. The molecule has 0 aromatic rings. The molecule has 0 radical (unpaired) electrons. The standard InChI is InChI=1S/C17H27N3O5/c1-11-9-15(23)20(17(11)25)8-6-4-5-7-14(22)19-13(3)16(24)18-12(2)10-21/h10-13H,4-9H2,1-3H3,(H,18,24)(H,19,22). The van der Waals surface area contributed by atoms with Crippen LogP contribution >= 0.6 is 0 Å². The number of imide groups is 1. The van der Waals surface area contributed by atoms with E-state index in [1.165, 1.54) is 4.90 Å². The normalized spacial score (nSPS) is 19.5. The summed E-state index contributed by atoms with van der Waals surface area (Å²) >= 11 is 0. The first kappa shape index (κ1) is 20.8. The van der Waals surface area contributed by atoms with Gasteiger partial charge in [0.05, 0.1) is 6.04 Å². The van der Waals surface area contributed by atoms with Crippen molar-refractivity contribution in [1.82, 2.24) is 15.5 Å². The van der Waals surface area contributed by atoms with E-state index in [-0.39, 0.29) is 36.5 Å². The van der Waals surface area contributed by atoms with E-state index >= 15 is 0 Å². The molecule has 1 heterocycles. The second-order valence-corrected chi connectivity index (χ2v) is 6.52. The van der Waals surface area contributed by atoms with Crippen molar-refractivity contribution in [3.05, 3.63) is 0 Å². The Kier molecular flexibility index (Phi) is 8.24. The van der Waals surface area contributed by atoms with Crippen LogP contribution in [0, 0.1) is 5.92 Å². The molecule has 3 atom stereocenters. The van der Waals surface area contributed by atoms with E-state index in [9.17, 15) is 24.0 Å². The van der Waals surface area contributed by atoms with Crippen LogP contribution in [0.15, 0.2) is 0 Å². The van der Waals surface area contributed by atoms with Crippen LogP contribution in [0.3, 0.4) is 0 Å². The molecular weight excluding hydrogens is 326 g/mol. The van der Waals surface area contributed by atoms with E-state index in [4.69, 9.17) is 0 Å². The Balaban J connectivity index is 2.18. The van der Waals surface area contributed by atoms with Crippen LogP contribution in [0.5, 0.6) is 0 Å². The molecule has 0 bridgehead atoms. The van der Waals surface area contributed by atoms with E-state index < -0.39 is 18.0 Å². The number of hydrogen-bond acceptors (Lipinski definition) is 5. The fraction of sp³-hybridized carbons (Fsp3) is 0.706. The Morgan fingerprint density at radius 1 is 1.20 bits per heavy atom. The van der Waals surface area contributed by atoms with E-state index in [0.717, 1.165) is 0 Å². The maximum absolute atomic E-state index is 11.8. The van der Waals surface area contributed by atoms with Crippen molar-refractivity contribution < 1.29 is 24.0 Å². The van der Waals surface area contributed by atoms with Crippen molar-refractivity contribution in [3.63, 3.8) is 0 Å². The molecule has 0 aromatic heterocycles. The van der Waals surface area contributed by atoms with Crippen LogP contribution in [0.25, 0.3) is 0 Å². The number of unbranched alkanes of at least 4 members (excludes halogenated alkanes) is 2. The fourth-order valence-corrected chi connectivity index (χ4v) is 2.58. The summed E-state index contributed by atoms with van der Waals surface area (Å²) in [4.78, 5) is 58.7. The van der Waals surface area contributed by atoms with Gasteiger partial charge in [-0.15, -0.1) is 0 Å². The van der Waals surface area contributed by atoms with Gasteiger partial charge in [-0.1, -0.05) is 13.3 Å². The van der Waals surface area contributed by atoms with Crippen molar-refractivity contribution in [1.29, 1.82) is 0 Å². The second kappa shape index (κ2) is 9.90. The zero-order chi connectivity index (χ0) is 19.0. The summed E-state index contributed by atoms with van der Waals surface area (Å²) < 4.78 is 0. The largest absolute Gasteiger partial charge is 0.345 e. The Morgan fingerprint density at radius 3 is 2.44 bits per heavy atom. The molecule has 2 N–H and O–H groups in total. The minimum Gasteiger partial charge on any atom is -0.345 e. The number of nitrogens with zero attached hydrogens (tertiary/aromatic N) is 1. The summed E-state index contributed by atoms with van der Waals surface area (Å²) in [5.41, 5.74) is 0. The monoisotopic (exact) mass is 353 g/mol. The quantitative estimate of drug-likeness (QED) is 0.330. The maximum Gasteiger partial charge on any atom is 0.242 e. The lowest BCUT2D eigenvalue weighted by molar-refractivity contribution is -0.139. The molecule has 140 valence electrons. The van der Waals surface area contributed by atoms with Crippen molar-refractivity contribution in [2.45, 2.75) is 65.0 Å². The topological polar surface area (TPSA) is 113 Å². The van der Waals surface area contributed by atoms with Crippen LogP contribution in [0.2, 0.25) is 0 Å². The molecule has 0 saturated carbocycles. The maximum atomic E-state index is 11.8. The van der Waals surface area contributed by atoms with Crippen LogP contribution in [0.1, 0.15) is 52.9 Å². The second-order valence-electron chi connectivity index (χ2n) is 6.52. The van der Waals surface area contributed by atoms with Gasteiger partial charge < -0.3 is 15.4 Å². The molecule has 4 amide bonds. The van der Waals surface area contributed by atoms with E-state index in [0.29, 0.717) is 32.1 Å². The third-order valence-electron chi connectivity index (χ3n) is 4.10. The van der Waals surface area contributed by atoms with Gasteiger partial charge in [0.25, 0.3) is 0 Å². The first-order valence-electron chi connectivity index (χ1n) is 8.65. The zero-order valence-corrected chi connectivity index (χ0v) is 15.0. The molecular formula is C17H27N3O5. The molecule has 1 saturated heterocycles. The van der Waals surface area contributed by atoms with Gasteiger partial charge in [0, 0.05) is 25.3 Å². The SMILES string of the molecule is CC(C=O)NC(=O)C(C)NC(=O)CCCCCN1C(=O)CC(C)C1=O. The summed E-state index contributed by atoms with van der Waals surface area (Å²) in [7, 11) is 0. The summed E-state index contributed by atoms with van der Waals surface area (Å²) in [6.45, 7) is 5.25. The molecule has 1 rings (SSSR count). The van der Waals surface area contributed by atoms with Gasteiger partial charge in [-0.25, -0.2) is 0 Å². The van der Waals surface area contributed by atoms with Gasteiger partial charge in [-0.2, -0.15) is 0 Å². The van der Waals surface area contributed by atoms with Crippen molar-refractivity contribution in [2.75, 3.05) is 6.54 Å². The van der Waals surface area contributed by atoms with Gasteiger partial charge in [0.1, 0.15) is 12.3 Å². The fourth-order valence-electron chi connectivity index (χ4n) is 2.58. The highest BCUT2D eigenvalue weighted by atomic mass is 16.2. The average molecular weight is 353 g/mol. The molecule has 3 unspecified atom stereocenters. The van der Waals surface area contributed by atoms with Crippen molar-refractivity contribution in [2.24, 2.45) is 5.92 Å². The molecule has 0 aromatic carbocycles. The summed E-state index contributed by atoms with van der Waals surface area (Å²) in [5, 5.41) is 5.04. The summed E-state index contributed by atoms with van der Waals surface area (Å²) in [5.74, 6) is -1.13. The molecule has 0 aliphatic carbocycles. The molecule has 1 aliphatic rings. The minimum atomic E-state index is -0.712. The molecule has 1 aliphatic heterocycles. The average Bonchev–Trinajstić information content (AvgIpc) is 2.79. The lowest BCUT2D eigenvalue weighted by atomic mass is 10.1. The highest BCUT2D eigenvalue weighted by Gasteiger charge is 2.34. The molecule has 0 spiro atoms. The number of amides is 4. The first-order chi connectivity index (χ1) is 11.8. The van der Waals surface area contributed by atoms with Crippen molar-refractivity contribution in [3.8, 4) is 0 Å². The molecule has 8 heteroatoms. The number of hydrogen-bond donors (Lipinski definition) is 2. The summed E-state index contributed by atoms with van der Waals surface area (Å²) in [6.07, 6.45) is 3.13. The van der Waals surface area contributed by atoms with E-state index in [1.807, 2.05) is 0 Å². The number of rotatable bonds is 10. The third-order valence-corrected chi connectivity index (χ3v) is 4.10. The van der Waals surface area contributed by atoms with Crippen LogP contribution in [0.4, 0.5) is 0 Å². The zero-order valence-electron chi connectivity index (χ0n) is 15.0. The predicted molar refractivity (Wildman–Crippen MR) is 90.2 cm³/mol. The lowest BCUT2D eigenvalue weighted by Gasteiger charge is -2.16. The van der Waals surface area contributed by atoms with Gasteiger partial charge in [0.2, 0.25) is 23.6 Å². The number of nitrogens with one attached hydrogen (secondary N) is 2. The van der Waals surface area contributed by atoms with E-state index in [1.54, 1.807) is 20.8 Å². The Hall–Kier alpha value is -2.25. The van der Waals surface area contributed by atoms with Gasteiger partial charge in [-0.05, 0) is 26.7 Å². The van der Waals surface area contributed by atoms with Crippen LogP contribution < -0.4 is 10.6 Å². The lowest BCUT2D eigenvalue weighted by Crippen LogP contribution is -2.47. The highest BCUT2D eigenvalue weighted by molar-refractivity contribution is 6.03. The summed E-state index contributed by atoms with van der Waals surface area (Å²) in [6, 6.07) is -1.30. The Bertz CT molecular complexity index is 534. The van der Waals surface area contributed by atoms with Crippen LogP contribution in [-0.2, 0) is 24.0 Å². The minimum absolute atomic E-state index is 0.118. The predicted octanol–water partition coefficient (Wildman–Crippen LogP) is 0.150. The molecule has 1 fully saturated rings. The van der Waals surface area contributed by atoms with Gasteiger partial charge in [0.15, 0.2) is 0 Å². The van der Waals surface area contributed by atoms with E-state index in [2.05, 4.69) is 10.6 Å². The first-order valence-corrected chi connectivity index (χ1v) is 8.65. The van der Waals surface area contributed by atoms with Crippen LogP contribution in [-0.4, -0.2) is 53.4 Å². The number of carbonyl (C=O) groups is 5. The number of carbonyl (C=O) groups excluding carboxylic acids is 5. The van der Waals surface area contributed by atoms with Gasteiger partial charge in [-0.3, -0.25) is 24.1 Å². The van der Waals surface area contributed by atoms with Crippen molar-refractivity contribution >= 4 is 29.9 Å². The van der Waals surface area contributed by atoms with Gasteiger partial charge >= 0.3 is 0 Å². The third kappa shape index (κ3) is 6.64. The highest BCUT2D eigenvalue weighted by Crippen LogP contribution is 2.19. The smallest absolute Gasteiger partial charge is 0.242 e. The molecule has 25 heavy (non-hydrogen) atoms. The Labute approximate surface area is 147 Å². The number of likely N-dealkylation sites (tertiary alicyclic amines) is 1.